The van der Waals surface area contributed by atoms with E-state index in [1.165, 1.54) is 30.0 Å². The van der Waals surface area contributed by atoms with Crippen LogP contribution in [-0.2, 0) is 10.0 Å². The van der Waals surface area contributed by atoms with E-state index in [9.17, 15) is 13.2 Å². The Morgan fingerprint density at radius 2 is 2.12 bits per heavy atom. The van der Waals surface area contributed by atoms with Gasteiger partial charge >= 0.3 is 0 Å². The maximum atomic E-state index is 12.1. The molecule has 1 aliphatic heterocycles. The minimum atomic E-state index is -3.67. The van der Waals surface area contributed by atoms with Crippen molar-refractivity contribution in [3.05, 3.63) is 23.8 Å². The van der Waals surface area contributed by atoms with Crippen LogP contribution in [0.5, 0.6) is 0 Å². The summed E-state index contributed by atoms with van der Waals surface area (Å²) in [5.74, 6) is 0.0930. The van der Waals surface area contributed by atoms with Gasteiger partial charge in [-0.3, -0.25) is 4.79 Å². The Labute approximate surface area is 104 Å². The predicted molar refractivity (Wildman–Crippen MR) is 67.5 cm³/mol. The van der Waals surface area contributed by atoms with Crippen LogP contribution in [-0.4, -0.2) is 37.2 Å². The molecule has 1 aliphatic rings. The van der Waals surface area contributed by atoms with Crippen molar-refractivity contribution < 1.29 is 13.2 Å². The quantitative estimate of drug-likeness (QED) is 0.822. The number of sulfonamides is 1. The van der Waals surface area contributed by atoms with Gasteiger partial charge in [-0.1, -0.05) is 0 Å². The molecule has 92 valence electrons. The van der Waals surface area contributed by atoms with E-state index in [4.69, 9.17) is 5.73 Å². The van der Waals surface area contributed by atoms with Crippen LogP contribution in [0.3, 0.4) is 0 Å². The number of hydrogen-bond donors (Lipinski definition) is 1. The summed E-state index contributed by atoms with van der Waals surface area (Å²) in [7, 11) is -3.67. The predicted octanol–water partition coefficient (Wildman–Crippen LogP) is 0.776. The van der Waals surface area contributed by atoms with Gasteiger partial charge in [-0.15, -0.1) is 0 Å². The fraction of sp³-hybridized carbons (Fsp3) is 0.300. The van der Waals surface area contributed by atoms with Crippen LogP contribution in [0.1, 0.15) is 10.4 Å². The topological polar surface area (TPSA) is 80.5 Å². The highest BCUT2D eigenvalue weighted by Crippen LogP contribution is 2.31. The molecule has 1 aromatic rings. The number of amides is 1. The molecule has 0 aliphatic carbocycles. The third-order valence-corrected chi connectivity index (χ3v) is 4.96. The lowest BCUT2D eigenvalue weighted by Crippen LogP contribution is -2.32. The van der Waals surface area contributed by atoms with Crippen molar-refractivity contribution in [1.29, 1.82) is 0 Å². The van der Waals surface area contributed by atoms with Crippen LogP contribution in [0.15, 0.2) is 23.1 Å². The SMILES string of the molecule is CSCCN1C(=O)c2cc(N)ccc2S1(=O)=O. The van der Waals surface area contributed by atoms with Crippen LogP contribution in [0.4, 0.5) is 5.69 Å². The minimum absolute atomic E-state index is 0.0535. The first-order valence-corrected chi connectivity index (χ1v) is 7.77. The molecule has 1 amide bonds. The number of nitrogens with two attached hydrogens (primary N) is 1. The molecule has 0 saturated heterocycles. The summed E-state index contributed by atoms with van der Waals surface area (Å²) in [5, 5.41) is 0. The van der Waals surface area contributed by atoms with Crippen molar-refractivity contribution in [2.24, 2.45) is 0 Å². The summed E-state index contributed by atoms with van der Waals surface area (Å²) >= 11 is 1.49. The molecule has 7 heteroatoms. The molecule has 2 rings (SSSR count). The van der Waals surface area contributed by atoms with Gasteiger partial charge in [0, 0.05) is 18.0 Å². The second-order valence-corrected chi connectivity index (χ2v) is 6.45. The van der Waals surface area contributed by atoms with Crippen molar-refractivity contribution in [3.63, 3.8) is 0 Å². The van der Waals surface area contributed by atoms with Crippen molar-refractivity contribution >= 4 is 33.4 Å². The second-order valence-electron chi connectivity index (χ2n) is 3.63. The van der Waals surface area contributed by atoms with Gasteiger partial charge in [0.1, 0.15) is 4.90 Å². The van der Waals surface area contributed by atoms with Gasteiger partial charge in [0.25, 0.3) is 15.9 Å². The highest BCUT2D eigenvalue weighted by molar-refractivity contribution is 7.98. The van der Waals surface area contributed by atoms with Gasteiger partial charge in [-0.25, -0.2) is 12.7 Å². The summed E-state index contributed by atoms with van der Waals surface area (Å²) in [6.45, 7) is 0.191. The van der Waals surface area contributed by atoms with Gasteiger partial charge in [0.05, 0.1) is 5.56 Å². The summed E-state index contributed by atoms with van der Waals surface area (Å²) in [6, 6.07) is 4.28. The molecule has 17 heavy (non-hydrogen) atoms. The number of rotatable bonds is 3. The molecular weight excluding hydrogens is 260 g/mol. The van der Waals surface area contributed by atoms with E-state index in [0.717, 1.165) is 4.31 Å². The largest absolute Gasteiger partial charge is 0.399 e. The molecule has 0 spiro atoms. The summed E-state index contributed by atoms with van der Waals surface area (Å²) in [4.78, 5) is 12.0. The number of anilines is 1. The van der Waals surface area contributed by atoms with Crippen LogP contribution in [0, 0.1) is 0 Å². The molecule has 2 N–H and O–H groups in total. The zero-order chi connectivity index (χ0) is 12.6. The highest BCUT2D eigenvalue weighted by Gasteiger charge is 2.40. The van der Waals surface area contributed by atoms with E-state index in [1.54, 1.807) is 0 Å². The van der Waals surface area contributed by atoms with Crippen molar-refractivity contribution in [3.8, 4) is 0 Å². The number of carbonyl (C=O) groups excluding carboxylic acids is 1. The van der Waals surface area contributed by atoms with E-state index in [2.05, 4.69) is 0 Å². The number of nitrogen functional groups attached to an aromatic ring is 1. The summed E-state index contributed by atoms with van der Waals surface area (Å²) in [5.41, 5.74) is 6.12. The maximum absolute atomic E-state index is 12.1. The second kappa shape index (κ2) is 4.23. The van der Waals surface area contributed by atoms with Crippen molar-refractivity contribution in [1.82, 2.24) is 4.31 Å². The first-order valence-electron chi connectivity index (χ1n) is 4.94. The fourth-order valence-electron chi connectivity index (χ4n) is 1.70. The molecule has 5 nitrogen and oxygen atoms in total. The van der Waals surface area contributed by atoms with Gasteiger partial charge in [-0.05, 0) is 24.5 Å². The van der Waals surface area contributed by atoms with E-state index in [1.807, 2.05) is 6.26 Å². The molecule has 0 bridgehead atoms. The molecule has 0 radical (unpaired) electrons. The number of carbonyl (C=O) groups is 1. The van der Waals surface area contributed by atoms with Gasteiger partial charge in [-0.2, -0.15) is 11.8 Å². The average molecular weight is 272 g/mol. The van der Waals surface area contributed by atoms with Crippen LogP contribution in [0.2, 0.25) is 0 Å². The number of fused-ring (bicyclic) bond motifs is 1. The van der Waals surface area contributed by atoms with Crippen LogP contribution < -0.4 is 5.73 Å². The molecule has 0 aromatic heterocycles. The van der Waals surface area contributed by atoms with E-state index >= 15 is 0 Å². The molecule has 1 heterocycles. The first-order chi connectivity index (χ1) is 7.98. The van der Waals surface area contributed by atoms with E-state index < -0.39 is 15.9 Å². The lowest BCUT2D eigenvalue weighted by molar-refractivity contribution is 0.0876. The van der Waals surface area contributed by atoms with Crippen molar-refractivity contribution in [2.45, 2.75) is 4.90 Å². The van der Waals surface area contributed by atoms with Crippen LogP contribution in [0.25, 0.3) is 0 Å². The zero-order valence-corrected chi connectivity index (χ0v) is 10.8. The van der Waals surface area contributed by atoms with E-state index in [0.29, 0.717) is 11.4 Å². The molecule has 0 unspecified atom stereocenters. The Hall–Kier alpha value is -1.21. The lowest BCUT2D eigenvalue weighted by Gasteiger charge is -2.13. The Morgan fingerprint density at radius 3 is 2.76 bits per heavy atom. The zero-order valence-electron chi connectivity index (χ0n) is 9.21. The highest BCUT2D eigenvalue weighted by atomic mass is 32.2. The van der Waals surface area contributed by atoms with Crippen molar-refractivity contribution in [2.75, 3.05) is 24.3 Å². The molecule has 1 aromatic carbocycles. The normalized spacial score (nSPS) is 17.2. The number of hydrogen-bond acceptors (Lipinski definition) is 5. The maximum Gasteiger partial charge on any atom is 0.269 e. The average Bonchev–Trinajstić information content (AvgIpc) is 2.45. The first kappa shape index (κ1) is 12.3. The Morgan fingerprint density at radius 1 is 1.41 bits per heavy atom. The molecular formula is C10H12N2O3S2. The number of benzene rings is 1. The monoisotopic (exact) mass is 272 g/mol. The third-order valence-electron chi connectivity index (χ3n) is 2.53. The molecule has 0 fully saturated rings. The van der Waals surface area contributed by atoms with Gasteiger partial charge in [0.15, 0.2) is 0 Å². The fourth-order valence-corrected chi connectivity index (χ4v) is 3.73. The number of thioether (sulfide) groups is 1. The summed E-state index contributed by atoms with van der Waals surface area (Å²) in [6.07, 6.45) is 1.86. The van der Waals surface area contributed by atoms with E-state index in [-0.39, 0.29) is 17.0 Å². The van der Waals surface area contributed by atoms with Gasteiger partial charge in [0.2, 0.25) is 0 Å². The standard InChI is InChI=1S/C10H12N2O3S2/c1-16-5-4-12-10(13)8-6-7(11)2-3-9(8)17(12,14)15/h2-3,6H,4-5,11H2,1H3. The Balaban J connectivity index is 2.49. The molecule has 0 atom stereocenters. The Kier molecular flexibility index (Phi) is 3.05. The lowest BCUT2D eigenvalue weighted by atomic mass is 10.2. The third kappa shape index (κ3) is 1.89. The number of nitrogens with zero attached hydrogens (tertiary/aromatic N) is 1. The van der Waals surface area contributed by atoms with Gasteiger partial charge < -0.3 is 5.73 Å². The Bertz CT molecular complexity index is 569. The summed E-state index contributed by atoms with van der Waals surface area (Å²) < 4.78 is 25.0. The smallest absolute Gasteiger partial charge is 0.269 e. The molecule has 0 saturated carbocycles. The minimum Gasteiger partial charge on any atom is -0.399 e. The van der Waals surface area contributed by atoms with Crippen LogP contribution >= 0.6 is 11.8 Å².